The van der Waals surface area contributed by atoms with E-state index >= 15 is 0 Å². The fourth-order valence-corrected chi connectivity index (χ4v) is 6.94. The van der Waals surface area contributed by atoms with Crippen LogP contribution in [0.4, 0.5) is 0 Å². The topological polar surface area (TPSA) is 95.9 Å². The monoisotopic (exact) mass is 848 g/mol. The molecule has 6 nitrogen and oxygen atoms in total. The Bertz CT molecular complexity index is 1220. The molecule has 0 aliphatic heterocycles. The van der Waals surface area contributed by atoms with E-state index in [4.69, 9.17) is 4.74 Å². The summed E-state index contributed by atoms with van der Waals surface area (Å²) >= 11 is 0. The van der Waals surface area contributed by atoms with Crippen LogP contribution in [-0.4, -0.2) is 46.9 Å². The zero-order valence-corrected chi connectivity index (χ0v) is 39.5. The van der Waals surface area contributed by atoms with Gasteiger partial charge in [-0.25, -0.2) is 0 Å². The van der Waals surface area contributed by atoms with Crippen LogP contribution in [-0.2, 0) is 14.3 Å². The molecule has 0 spiro atoms. The predicted molar refractivity (Wildman–Crippen MR) is 264 cm³/mol. The van der Waals surface area contributed by atoms with Crippen molar-refractivity contribution < 1.29 is 24.5 Å². The summed E-state index contributed by atoms with van der Waals surface area (Å²) in [6, 6.07) is -0.742. The maximum absolute atomic E-state index is 13.2. The predicted octanol–water partition coefficient (Wildman–Crippen LogP) is 14.9. The zero-order chi connectivity index (χ0) is 44.5. The average Bonchev–Trinajstić information content (AvgIpc) is 3.25. The van der Waals surface area contributed by atoms with E-state index in [0.717, 1.165) is 103 Å². The third kappa shape index (κ3) is 43.2. The van der Waals surface area contributed by atoms with Gasteiger partial charge < -0.3 is 20.3 Å². The van der Waals surface area contributed by atoms with Crippen LogP contribution < -0.4 is 5.32 Å². The molecule has 0 rings (SSSR count). The van der Waals surface area contributed by atoms with Crippen LogP contribution in [0, 0.1) is 0 Å². The van der Waals surface area contributed by atoms with E-state index in [1.807, 2.05) is 12.2 Å². The molecular weight excluding hydrogens is 755 g/mol. The first kappa shape index (κ1) is 57.8. The Morgan fingerprint density at radius 3 is 1.39 bits per heavy atom. The number of hydrogen-bond acceptors (Lipinski definition) is 5. The van der Waals surface area contributed by atoms with Crippen molar-refractivity contribution in [2.75, 3.05) is 6.61 Å². The summed E-state index contributed by atoms with van der Waals surface area (Å²) < 4.78 is 5.85. The number of amides is 1. The molecule has 61 heavy (non-hydrogen) atoms. The fraction of sp³-hybridized carbons (Fsp3) is 0.673. The lowest BCUT2D eigenvalue weighted by Gasteiger charge is -2.24. The van der Waals surface area contributed by atoms with Gasteiger partial charge in [0.2, 0.25) is 5.91 Å². The number of esters is 1. The van der Waals surface area contributed by atoms with Gasteiger partial charge in [-0.3, -0.25) is 9.59 Å². The first-order chi connectivity index (χ1) is 30.0. The molecule has 348 valence electrons. The Morgan fingerprint density at radius 2 is 0.918 bits per heavy atom. The minimum absolute atomic E-state index is 0.0149. The molecule has 0 saturated carbocycles. The van der Waals surface area contributed by atoms with Crippen molar-refractivity contribution in [3.05, 3.63) is 97.2 Å². The Labute approximate surface area is 376 Å². The number of carbonyl (C=O) groups excluding carboxylic acids is 2. The lowest BCUT2D eigenvalue weighted by atomic mass is 10.0. The van der Waals surface area contributed by atoms with E-state index in [2.05, 4.69) is 111 Å². The normalized spacial score (nSPS) is 14.1. The third-order valence-electron chi connectivity index (χ3n) is 10.7. The molecule has 0 aromatic carbocycles. The third-order valence-corrected chi connectivity index (χ3v) is 10.7. The largest absolute Gasteiger partial charge is 0.461 e. The van der Waals surface area contributed by atoms with Crippen molar-refractivity contribution in [2.24, 2.45) is 0 Å². The zero-order valence-electron chi connectivity index (χ0n) is 39.5. The van der Waals surface area contributed by atoms with Gasteiger partial charge in [0.1, 0.15) is 6.10 Å². The highest BCUT2D eigenvalue weighted by Crippen LogP contribution is 2.16. The number of aliphatic hydroxyl groups excluding tert-OH is 2. The molecule has 0 aromatic rings. The van der Waals surface area contributed by atoms with Crippen LogP contribution in [0.5, 0.6) is 0 Å². The lowest BCUT2D eigenvalue weighted by molar-refractivity contribution is -0.150. The Balaban J connectivity index is 4.78. The molecule has 0 aliphatic carbocycles. The number of ether oxygens (including phenoxy) is 1. The van der Waals surface area contributed by atoms with Crippen molar-refractivity contribution in [1.82, 2.24) is 5.32 Å². The Hall–Kier alpha value is -3.22. The van der Waals surface area contributed by atoms with Gasteiger partial charge in [0.25, 0.3) is 0 Å². The van der Waals surface area contributed by atoms with Crippen LogP contribution >= 0.6 is 0 Å². The van der Waals surface area contributed by atoms with Gasteiger partial charge in [0, 0.05) is 12.8 Å². The van der Waals surface area contributed by atoms with E-state index in [0.29, 0.717) is 19.3 Å². The molecule has 0 radical (unpaired) electrons. The summed E-state index contributed by atoms with van der Waals surface area (Å²) in [5.41, 5.74) is 0. The Morgan fingerprint density at radius 1 is 0.508 bits per heavy atom. The fourth-order valence-electron chi connectivity index (χ4n) is 6.94. The quantitative estimate of drug-likeness (QED) is 0.0323. The lowest BCUT2D eigenvalue weighted by Crippen LogP contribution is -2.46. The number of unbranched alkanes of at least 4 members (excludes halogenated alkanes) is 16. The molecule has 0 heterocycles. The number of hydrogen-bond donors (Lipinski definition) is 3. The number of carbonyl (C=O) groups is 2. The Kier molecular flexibility index (Phi) is 45.3. The maximum Gasteiger partial charge on any atom is 0.306 e. The first-order valence-electron chi connectivity index (χ1n) is 25.0. The first-order valence-corrected chi connectivity index (χ1v) is 25.0. The van der Waals surface area contributed by atoms with Crippen molar-refractivity contribution in [3.63, 3.8) is 0 Å². The molecule has 3 atom stereocenters. The van der Waals surface area contributed by atoms with Gasteiger partial charge in [-0.15, -0.1) is 0 Å². The van der Waals surface area contributed by atoms with Gasteiger partial charge >= 0.3 is 5.97 Å². The highest BCUT2D eigenvalue weighted by Gasteiger charge is 2.23. The standard InChI is InChI=1S/C55H93NO5/c1-4-7-10-13-16-19-22-25-27-29-31-34-37-40-43-46-51(61-55(60)48-45-42-39-36-33-30-26-23-20-17-14-11-8-5-2)49-54(59)56-52(50-57)53(58)47-44-41-38-35-32-28-24-21-18-15-12-9-6-3/h7-8,10-11,16-17,19-20,25-27,30-31,34,40,43,51-53,57-58H,4-6,9,12-15,18,21-24,28-29,32-33,35-39,41-42,44-50H2,1-3H3,(H,56,59)/b10-7-,11-8+,19-16-,20-17+,27-25-,30-26+,34-31-,43-40-. The molecule has 3 N–H and O–H groups in total. The van der Waals surface area contributed by atoms with Crippen LogP contribution in [0.25, 0.3) is 0 Å². The van der Waals surface area contributed by atoms with Gasteiger partial charge in [0.15, 0.2) is 0 Å². The number of rotatable bonds is 43. The highest BCUT2D eigenvalue weighted by molar-refractivity contribution is 5.77. The van der Waals surface area contributed by atoms with Gasteiger partial charge in [-0.1, -0.05) is 214 Å². The van der Waals surface area contributed by atoms with Crippen LogP contribution in [0.2, 0.25) is 0 Å². The summed E-state index contributed by atoms with van der Waals surface area (Å²) in [5, 5.41) is 23.7. The van der Waals surface area contributed by atoms with Crippen LogP contribution in [0.1, 0.15) is 213 Å². The minimum atomic E-state index is -0.820. The molecular formula is C55H93NO5. The molecule has 1 amide bonds. The van der Waals surface area contributed by atoms with Crippen molar-refractivity contribution in [2.45, 2.75) is 232 Å². The van der Waals surface area contributed by atoms with Crippen molar-refractivity contribution >= 4 is 11.9 Å². The molecule has 0 aliphatic rings. The summed E-state index contributed by atoms with van der Waals surface area (Å²) in [7, 11) is 0. The summed E-state index contributed by atoms with van der Waals surface area (Å²) in [4.78, 5) is 26.1. The maximum atomic E-state index is 13.2. The van der Waals surface area contributed by atoms with E-state index in [9.17, 15) is 19.8 Å². The number of nitrogens with one attached hydrogen (secondary N) is 1. The van der Waals surface area contributed by atoms with E-state index in [-0.39, 0.29) is 24.9 Å². The van der Waals surface area contributed by atoms with Crippen LogP contribution in [0.3, 0.4) is 0 Å². The second-order valence-corrected chi connectivity index (χ2v) is 16.5. The second-order valence-electron chi connectivity index (χ2n) is 16.5. The second kappa shape index (κ2) is 47.8. The molecule has 0 aromatic heterocycles. The van der Waals surface area contributed by atoms with Crippen molar-refractivity contribution in [3.8, 4) is 0 Å². The van der Waals surface area contributed by atoms with E-state index in [1.165, 1.54) is 64.2 Å². The van der Waals surface area contributed by atoms with Crippen molar-refractivity contribution in [1.29, 1.82) is 0 Å². The summed E-state index contributed by atoms with van der Waals surface area (Å²) in [5.74, 6) is -0.614. The van der Waals surface area contributed by atoms with Gasteiger partial charge in [0.05, 0.1) is 25.2 Å². The smallest absolute Gasteiger partial charge is 0.306 e. The van der Waals surface area contributed by atoms with Crippen LogP contribution in [0.15, 0.2) is 97.2 Å². The molecule has 0 fully saturated rings. The van der Waals surface area contributed by atoms with Gasteiger partial charge in [-0.2, -0.15) is 0 Å². The SMILES string of the molecule is CC/C=C\C/C=C\C/C=C\C/C=C\C/C=C\CC(CC(=O)NC(CO)C(O)CCCCCCCCCCCCCCC)OC(=O)CCCCCC/C=C/C/C=C/C/C=C/CC. The summed E-state index contributed by atoms with van der Waals surface area (Å²) in [6.45, 7) is 6.21. The minimum Gasteiger partial charge on any atom is -0.461 e. The molecule has 6 heteroatoms. The van der Waals surface area contributed by atoms with E-state index < -0.39 is 18.2 Å². The average molecular weight is 848 g/mol. The molecule has 0 saturated heterocycles. The van der Waals surface area contributed by atoms with Gasteiger partial charge in [-0.05, 0) is 77.0 Å². The number of allylic oxidation sites excluding steroid dienone is 15. The highest BCUT2D eigenvalue weighted by atomic mass is 16.5. The molecule has 0 bridgehead atoms. The molecule has 3 unspecified atom stereocenters. The summed E-state index contributed by atoms with van der Waals surface area (Å²) in [6.07, 6.45) is 63.4. The number of aliphatic hydroxyl groups is 2. The van der Waals surface area contributed by atoms with E-state index in [1.54, 1.807) is 0 Å².